The van der Waals surface area contributed by atoms with Crippen LogP contribution in [0.2, 0.25) is 0 Å². The predicted molar refractivity (Wildman–Crippen MR) is 160 cm³/mol. The van der Waals surface area contributed by atoms with Crippen molar-refractivity contribution < 1.29 is 28.6 Å². The van der Waals surface area contributed by atoms with E-state index >= 15 is 0 Å². The molecule has 0 unspecified atom stereocenters. The number of hydrogen-bond donors (Lipinski definition) is 2. The Morgan fingerprint density at radius 1 is 1.21 bits per heavy atom. The van der Waals surface area contributed by atoms with Crippen LogP contribution in [0.1, 0.15) is 98.6 Å². The van der Waals surface area contributed by atoms with Gasteiger partial charge in [0.15, 0.2) is 0 Å². The minimum Gasteiger partial charge on any atom is -0.487 e. The van der Waals surface area contributed by atoms with Gasteiger partial charge in [-0.2, -0.15) is 0 Å². The van der Waals surface area contributed by atoms with Gasteiger partial charge in [0.1, 0.15) is 17.0 Å². The molecule has 1 aromatic rings. The maximum absolute atomic E-state index is 13.8. The van der Waals surface area contributed by atoms with E-state index in [0.29, 0.717) is 38.7 Å². The number of amides is 3. The Kier molecular flexibility index (Phi) is 9.25. The molecular weight excluding hydrogens is 536 g/mol. The molecule has 0 bridgehead atoms. The Morgan fingerprint density at radius 3 is 2.55 bits per heavy atom. The number of methoxy groups -OCH3 is 1. The number of nitrogens with zero attached hydrogens (tertiary/aromatic N) is 2. The number of guanidine groups is 1. The summed E-state index contributed by atoms with van der Waals surface area (Å²) in [5, 5.41) is 6.71. The monoisotopic (exact) mass is 584 g/mol. The first-order chi connectivity index (χ1) is 19.7. The van der Waals surface area contributed by atoms with Crippen molar-refractivity contribution in [1.29, 1.82) is 0 Å². The van der Waals surface area contributed by atoms with Crippen molar-refractivity contribution >= 4 is 23.9 Å². The summed E-state index contributed by atoms with van der Waals surface area (Å²) in [5.41, 5.74) is -0.690. The molecule has 3 amide bonds. The molecule has 2 N–H and O–H groups in total. The number of para-hydroxylation sites is 1. The van der Waals surface area contributed by atoms with Gasteiger partial charge in [0.05, 0.1) is 12.5 Å². The Hall–Kier alpha value is -3.14. The highest BCUT2D eigenvalue weighted by atomic mass is 16.6. The topological polar surface area (TPSA) is 119 Å². The lowest BCUT2D eigenvalue weighted by molar-refractivity contribution is -0.134. The summed E-state index contributed by atoms with van der Waals surface area (Å²) in [6.45, 7) is 13.8. The summed E-state index contributed by atoms with van der Waals surface area (Å²) < 4.78 is 17.0. The van der Waals surface area contributed by atoms with E-state index in [-0.39, 0.29) is 48.1 Å². The SMILES string of the molecule is CCC1(CC)CC(=O)N([C@H](CCOC)[C@@H]2C[C@H]2C(=O)N[C@H]2CC(C)(C)Oc3ccccc32)C(=NC(=O)OC(C)(C)C)N1. The third kappa shape index (κ3) is 7.25. The third-order valence-corrected chi connectivity index (χ3v) is 8.62. The lowest BCUT2D eigenvalue weighted by Crippen LogP contribution is -2.65. The molecule has 3 aliphatic rings. The minimum absolute atomic E-state index is 0.0422. The minimum atomic E-state index is -0.762. The standard InChI is InChI=1S/C32H48N4O6/c1-9-32(10-2)19-26(37)36(28(35-32)34-29(39)42-30(3,4)5)24(15-16-40-8)21-17-22(21)27(38)33-23-18-31(6,7)41-25-14-12-11-13-20(23)25/h11-14,21-24H,9-10,15-19H2,1-8H3,(H,33,38)(H,34,35,39)/t21-,22-,23+,24-/m1/s1. The number of carbonyl (C=O) groups excluding carboxylic acids is 3. The molecule has 0 spiro atoms. The summed E-state index contributed by atoms with van der Waals surface area (Å²) in [4.78, 5) is 46.2. The second-order valence-corrected chi connectivity index (χ2v) is 13.5. The zero-order valence-electron chi connectivity index (χ0n) is 26.4. The second-order valence-electron chi connectivity index (χ2n) is 13.5. The van der Waals surface area contributed by atoms with Crippen LogP contribution >= 0.6 is 0 Å². The summed E-state index contributed by atoms with van der Waals surface area (Å²) in [7, 11) is 1.61. The van der Waals surface area contributed by atoms with Crippen molar-refractivity contribution in [3.63, 3.8) is 0 Å². The molecule has 4 rings (SSSR count). The highest BCUT2D eigenvalue weighted by Gasteiger charge is 2.54. The highest BCUT2D eigenvalue weighted by molar-refractivity contribution is 6.04. The van der Waals surface area contributed by atoms with E-state index in [2.05, 4.69) is 15.6 Å². The quantitative estimate of drug-likeness (QED) is 0.414. The number of fused-ring (bicyclic) bond motifs is 1. The van der Waals surface area contributed by atoms with Crippen molar-refractivity contribution in [1.82, 2.24) is 15.5 Å². The largest absolute Gasteiger partial charge is 0.487 e. The van der Waals surface area contributed by atoms with Crippen molar-refractivity contribution in [3.05, 3.63) is 29.8 Å². The lowest BCUT2D eigenvalue weighted by Gasteiger charge is -2.45. The molecule has 0 radical (unpaired) electrons. The van der Waals surface area contributed by atoms with Crippen LogP contribution in [0.5, 0.6) is 5.75 Å². The van der Waals surface area contributed by atoms with Gasteiger partial charge in [0.2, 0.25) is 17.8 Å². The number of ether oxygens (including phenoxy) is 3. The van der Waals surface area contributed by atoms with Gasteiger partial charge in [-0.1, -0.05) is 32.0 Å². The summed E-state index contributed by atoms with van der Waals surface area (Å²) in [6.07, 6.45) is 2.68. The second kappa shape index (κ2) is 12.2. The van der Waals surface area contributed by atoms with Crippen molar-refractivity contribution in [2.45, 2.75) is 116 Å². The first-order valence-electron chi connectivity index (χ1n) is 15.2. The van der Waals surface area contributed by atoms with Crippen LogP contribution in [0.25, 0.3) is 0 Å². The fourth-order valence-electron chi connectivity index (χ4n) is 6.23. The Morgan fingerprint density at radius 2 is 1.90 bits per heavy atom. The van der Waals surface area contributed by atoms with Gasteiger partial charge < -0.3 is 24.8 Å². The molecule has 2 fully saturated rings. The maximum atomic E-state index is 13.8. The molecule has 1 saturated carbocycles. The first kappa shape index (κ1) is 31.8. The summed E-state index contributed by atoms with van der Waals surface area (Å²) in [5.74, 6) is 0.439. The van der Waals surface area contributed by atoms with Crippen LogP contribution in [0, 0.1) is 11.8 Å². The van der Waals surface area contributed by atoms with E-state index in [1.54, 1.807) is 32.8 Å². The summed E-state index contributed by atoms with van der Waals surface area (Å²) >= 11 is 0. The van der Waals surface area contributed by atoms with E-state index in [0.717, 1.165) is 11.3 Å². The van der Waals surface area contributed by atoms with Crippen LogP contribution in [0.3, 0.4) is 0 Å². The zero-order chi connectivity index (χ0) is 30.9. The molecule has 0 aromatic heterocycles. The van der Waals surface area contributed by atoms with Gasteiger partial charge in [-0.25, -0.2) is 4.79 Å². The molecule has 232 valence electrons. The summed E-state index contributed by atoms with van der Waals surface area (Å²) in [6, 6.07) is 7.27. The van der Waals surface area contributed by atoms with Gasteiger partial charge in [-0.05, 0) is 72.3 Å². The zero-order valence-corrected chi connectivity index (χ0v) is 26.4. The van der Waals surface area contributed by atoms with Crippen LogP contribution in [0.4, 0.5) is 4.79 Å². The maximum Gasteiger partial charge on any atom is 0.437 e. The van der Waals surface area contributed by atoms with Gasteiger partial charge in [-0.15, -0.1) is 4.99 Å². The molecule has 2 heterocycles. The van der Waals surface area contributed by atoms with Crippen molar-refractivity contribution in [2.75, 3.05) is 13.7 Å². The average Bonchev–Trinajstić information content (AvgIpc) is 3.69. The predicted octanol–water partition coefficient (Wildman–Crippen LogP) is 5.12. The van der Waals surface area contributed by atoms with Gasteiger partial charge in [0.25, 0.3) is 0 Å². The highest BCUT2D eigenvalue weighted by Crippen LogP contribution is 2.47. The van der Waals surface area contributed by atoms with Crippen LogP contribution < -0.4 is 15.4 Å². The number of aliphatic imine (C=N–C) groups is 1. The Balaban J connectivity index is 1.58. The molecule has 10 nitrogen and oxygen atoms in total. The lowest BCUT2D eigenvalue weighted by atomic mass is 9.86. The molecule has 42 heavy (non-hydrogen) atoms. The smallest absolute Gasteiger partial charge is 0.437 e. The molecule has 1 aromatic carbocycles. The Labute approximate surface area is 249 Å². The number of hydrogen-bond acceptors (Lipinski definition) is 6. The molecule has 10 heteroatoms. The van der Waals surface area contributed by atoms with Gasteiger partial charge in [-0.3, -0.25) is 14.5 Å². The van der Waals surface area contributed by atoms with E-state index in [1.165, 1.54) is 0 Å². The van der Waals surface area contributed by atoms with E-state index < -0.39 is 22.8 Å². The van der Waals surface area contributed by atoms with Crippen LogP contribution in [-0.2, 0) is 19.1 Å². The van der Waals surface area contributed by atoms with E-state index in [4.69, 9.17) is 14.2 Å². The average molecular weight is 585 g/mol. The molecule has 2 aliphatic heterocycles. The van der Waals surface area contributed by atoms with Crippen LogP contribution in [0.15, 0.2) is 29.3 Å². The third-order valence-electron chi connectivity index (χ3n) is 8.62. The molecule has 1 saturated heterocycles. The van der Waals surface area contributed by atoms with Gasteiger partial charge >= 0.3 is 6.09 Å². The van der Waals surface area contributed by atoms with Gasteiger partial charge in [0, 0.05) is 43.2 Å². The van der Waals surface area contributed by atoms with E-state index in [1.807, 2.05) is 52.0 Å². The Bertz CT molecular complexity index is 1200. The fraction of sp³-hybridized carbons (Fsp3) is 0.688. The number of carbonyl (C=O) groups is 3. The first-order valence-corrected chi connectivity index (χ1v) is 15.2. The molecule has 4 atom stereocenters. The number of rotatable bonds is 9. The molecular formula is C32H48N4O6. The van der Waals surface area contributed by atoms with Crippen molar-refractivity contribution in [2.24, 2.45) is 16.8 Å². The normalized spacial score (nSPS) is 26.0. The van der Waals surface area contributed by atoms with E-state index in [9.17, 15) is 14.4 Å². The van der Waals surface area contributed by atoms with Crippen LogP contribution in [-0.4, -0.2) is 65.3 Å². The number of nitrogens with one attached hydrogen (secondary N) is 2. The van der Waals surface area contributed by atoms with Crippen molar-refractivity contribution in [3.8, 4) is 5.75 Å². The number of benzene rings is 1. The fourth-order valence-corrected chi connectivity index (χ4v) is 6.23. The molecule has 1 aliphatic carbocycles.